The van der Waals surface area contributed by atoms with Gasteiger partial charge in [0.25, 0.3) is 11.8 Å². The van der Waals surface area contributed by atoms with Gasteiger partial charge in [-0.15, -0.1) is 0 Å². The molecule has 42 heavy (non-hydrogen) atoms. The van der Waals surface area contributed by atoms with Crippen molar-refractivity contribution in [2.45, 2.75) is 13.8 Å². The monoisotopic (exact) mass is 592 g/mol. The lowest BCUT2D eigenvalue weighted by Crippen LogP contribution is -2.48. The second-order valence-electron chi connectivity index (χ2n) is 9.39. The third-order valence-corrected chi connectivity index (χ3v) is 6.85. The highest BCUT2D eigenvalue weighted by molar-refractivity contribution is 7.80. The Morgan fingerprint density at radius 1 is 0.762 bits per heavy atom. The van der Waals surface area contributed by atoms with E-state index < -0.39 is 0 Å². The summed E-state index contributed by atoms with van der Waals surface area (Å²) in [6, 6.07) is 18.0. The van der Waals surface area contributed by atoms with E-state index in [1.807, 2.05) is 43.0 Å². The smallest absolute Gasteiger partial charge is 0.257 e. The van der Waals surface area contributed by atoms with Crippen LogP contribution in [0.1, 0.15) is 34.6 Å². The SMILES string of the molecule is CCOc1cc(OCC)cc(C(=O)NC(=S)Nc2ccc(N3CCN(C(=O)c4cc(OC)cc(OC)c4)CC3)cc2)c1. The van der Waals surface area contributed by atoms with Gasteiger partial charge in [-0.2, -0.15) is 0 Å². The van der Waals surface area contributed by atoms with Gasteiger partial charge in [0.2, 0.25) is 0 Å². The predicted octanol–water partition coefficient (Wildman–Crippen LogP) is 4.59. The molecule has 2 amide bonds. The molecule has 1 heterocycles. The Kier molecular flexibility index (Phi) is 10.4. The predicted molar refractivity (Wildman–Crippen MR) is 167 cm³/mol. The number of anilines is 2. The molecule has 1 aliphatic heterocycles. The van der Waals surface area contributed by atoms with Crippen molar-refractivity contribution in [3.05, 3.63) is 71.8 Å². The lowest BCUT2D eigenvalue weighted by molar-refractivity contribution is 0.0745. The van der Waals surface area contributed by atoms with Crippen LogP contribution in [-0.2, 0) is 0 Å². The van der Waals surface area contributed by atoms with Crippen LogP contribution in [0.25, 0.3) is 0 Å². The number of carbonyl (C=O) groups is 2. The lowest BCUT2D eigenvalue weighted by Gasteiger charge is -2.36. The maximum absolute atomic E-state index is 13.1. The molecule has 0 bridgehead atoms. The second kappa shape index (κ2) is 14.4. The highest BCUT2D eigenvalue weighted by atomic mass is 32.1. The number of benzene rings is 3. The van der Waals surface area contributed by atoms with Crippen LogP contribution in [0.15, 0.2) is 60.7 Å². The van der Waals surface area contributed by atoms with Gasteiger partial charge in [-0.3, -0.25) is 14.9 Å². The van der Waals surface area contributed by atoms with Crippen LogP contribution in [0.3, 0.4) is 0 Å². The van der Waals surface area contributed by atoms with Gasteiger partial charge in [0.1, 0.15) is 23.0 Å². The summed E-state index contributed by atoms with van der Waals surface area (Å²) >= 11 is 5.38. The molecule has 0 aliphatic carbocycles. The normalized spacial score (nSPS) is 12.8. The Morgan fingerprint density at radius 2 is 1.29 bits per heavy atom. The molecule has 10 nitrogen and oxygen atoms in total. The van der Waals surface area contributed by atoms with E-state index in [-0.39, 0.29) is 16.9 Å². The Labute approximate surface area is 251 Å². The largest absolute Gasteiger partial charge is 0.497 e. The van der Waals surface area contributed by atoms with Crippen molar-refractivity contribution in [1.29, 1.82) is 0 Å². The fourth-order valence-electron chi connectivity index (χ4n) is 4.58. The zero-order valence-corrected chi connectivity index (χ0v) is 25.1. The molecular weight excluding hydrogens is 556 g/mol. The minimum absolute atomic E-state index is 0.0549. The van der Waals surface area contributed by atoms with Gasteiger partial charge in [-0.1, -0.05) is 0 Å². The molecule has 11 heteroatoms. The number of nitrogens with zero attached hydrogens (tertiary/aromatic N) is 2. The van der Waals surface area contributed by atoms with Crippen LogP contribution in [0.5, 0.6) is 23.0 Å². The van der Waals surface area contributed by atoms with E-state index in [1.165, 1.54) is 0 Å². The Hall–Kier alpha value is -4.51. The van der Waals surface area contributed by atoms with E-state index in [9.17, 15) is 9.59 Å². The maximum Gasteiger partial charge on any atom is 0.257 e. The number of carbonyl (C=O) groups excluding carboxylic acids is 2. The molecule has 0 spiro atoms. The molecule has 0 saturated carbocycles. The number of thiocarbonyl (C=S) groups is 1. The molecule has 1 aliphatic rings. The number of rotatable bonds is 10. The minimum atomic E-state index is -0.369. The van der Waals surface area contributed by atoms with Gasteiger partial charge >= 0.3 is 0 Å². The Morgan fingerprint density at radius 3 is 1.81 bits per heavy atom. The van der Waals surface area contributed by atoms with Crippen LogP contribution >= 0.6 is 12.2 Å². The van der Waals surface area contributed by atoms with Gasteiger partial charge in [0.15, 0.2) is 5.11 Å². The first-order valence-electron chi connectivity index (χ1n) is 13.7. The van der Waals surface area contributed by atoms with Gasteiger partial charge in [-0.05, 0) is 74.6 Å². The summed E-state index contributed by atoms with van der Waals surface area (Å²) < 4.78 is 21.7. The summed E-state index contributed by atoms with van der Waals surface area (Å²) in [7, 11) is 3.13. The summed E-state index contributed by atoms with van der Waals surface area (Å²) in [5.74, 6) is 1.83. The summed E-state index contributed by atoms with van der Waals surface area (Å²) in [4.78, 5) is 30.0. The number of nitrogens with one attached hydrogen (secondary N) is 2. The van der Waals surface area contributed by atoms with Crippen molar-refractivity contribution in [3.63, 3.8) is 0 Å². The Bertz CT molecular complexity index is 1360. The van der Waals surface area contributed by atoms with Gasteiger partial charge < -0.3 is 34.1 Å². The quantitative estimate of drug-likeness (QED) is 0.328. The molecule has 3 aromatic rings. The third-order valence-electron chi connectivity index (χ3n) is 6.65. The number of ether oxygens (including phenoxy) is 4. The fourth-order valence-corrected chi connectivity index (χ4v) is 4.79. The molecule has 1 saturated heterocycles. The van der Waals surface area contributed by atoms with Crippen molar-refractivity contribution < 1.29 is 28.5 Å². The number of hydrogen-bond acceptors (Lipinski definition) is 8. The molecule has 0 atom stereocenters. The highest BCUT2D eigenvalue weighted by Crippen LogP contribution is 2.26. The van der Waals surface area contributed by atoms with Crippen molar-refractivity contribution in [2.75, 3.05) is 63.8 Å². The average Bonchev–Trinajstić information content (AvgIpc) is 3.01. The molecule has 0 aromatic heterocycles. The van der Waals surface area contributed by atoms with E-state index in [1.54, 1.807) is 50.6 Å². The number of hydrogen-bond donors (Lipinski definition) is 2. The molecule has 4 rings (SSSR count). The molecule has 3 aromatic carbocycles. The standard InChI is InChI=1S/C31H36N4O6S/c1-5-40-27-15-21(16-28(20-27)41-6-2)29(36)33-31(42)32-23-7-9-24(10-8-23)34-11-13-35(14-12-34)30(37)22-17-25(38-3)19-26(18-22)39-4/h7-10,15-20H,5-6,11-14H2,1-4H3,(H2,32,33,36,42). The van der Waals surface area contributed by atoms with Crippen LogP contribution in [-0.4, -0.2) is 75.4 Å². The minimum Gasteiger partial charge on any atom is -0.497 e. The number of methoxy groups -OCH3 is 2. The van der Waals surface area contributed by atoms with Crippen molar-refractivity contribution in [3.8, 4) is 23.0 Å². The number of piperazine rings is 1. The second-order valence-corrected chi connectivity index (χ2v) is 9.80. The zero-order valence-electron chi connectivity index (χ0n) is 24.3. The summed E-state index contributed by atoms with van der Waals surface area (Å²) in [5, 5.41) is 5.94. The summed E-state index contributed by atoms with van der Waals surface area (Å²) in [6.07, 6.45) is 0. The van der Waals surface area contributed by atoms with E-state index in [0.29, 0.717) is 73.5 Å². The molecule has 2 N–H and O–H groups in total. The first-order chi connectivity index (χ1) is 20.3. The molecule has 0 unspecified atom stereocenters. The van der Waals surface area contributed by atoms with Crippen LogP contribution < -0.4 is 34.5 Å². The molecule has 222 valence electrons. The van der Waals surface area contributed by atoms with Gasteiger partial charge in [-0.25, -0.2) is 0 Å². The average molecular weight is 593 g/mol. The zero-order chi connectivity index (χ0) is 30.1. The maximum atomic E-state index is 13.1. The fraction of sp³-hybridized carbons (Fsp3) is 0.323. The summed E-state index contributed by atoms with van der Waals surface area (Å²) in [5.41, 5.74) is 2.69. The first kappa shape index (κ1) is 30.4. The molecule has 1 fully saturated rings. The van der Waals surface area contributed by atoms with Crippen molar-refractivity contribution >= 4 is 40.5 Å². The van der Waals surface area contributed by atoms with Crippen molar-refractivity contribution in [1.82, 2.24) is 10.2 Å². The van der Waals surface area contributed by atoms with Crippen LogP contribution in [0.2, 0.25) is 0 Å². The number of amides is 2. The Balaban J connectivity index is 1.31. The van der Waals surface area contributed by atoms with Gasteiger partial charge in [0.05, 0.1) is 27.4 Å². The summed E-state index contributed by atoms with van der Waals surface area (Å²) in [6.45, 7) is 7.25. The van der Waals surface area contributed by atoms with E-state index in [0.717, 1.165) is 11.4 Å². The van der Waals surface area contributed by atoms with Crippen LogP contribution in [0, 0.1) is 0 Å². The topological polar surface area (TPSA) is 102 Å². The van der Waals surface area contributed by atoms with Crippen molar-refractivity contribution in [2.24, 2.45) is 0 Å². The molecular formula is C31H36N4O6S. The molecule has 0 radical (unpaired) electrons. The van der Waals surface area contributed by atoms with E-state index in [4.69, 9.17) is 31.2 Å². The van der Waals surface area contributed by atoms with E-state index >= 15 is 0 Å². The highest BCUT2D eigenvalue weighted by Gasteiger charge is 2.23. The van der Waals surface area contributed by atoms with Gasteiger partial charge in [0, 0.05) is 60.8 Å². The van der Waals surface area contributed by atoms with E-state index in [2.05, 4.69) is 15.5 Å². The first-order valence-corrected chi connectivity index (χ1v) is 14.1. The van der Waals surface area contributed by atoms with Crippen LogP contribution in [0.4, 0.5) is 11.4 Å². The third kappa shape index (κ3) is 7.82. The lowest BCUT2D eigenvalue weighted by atomic mass is 10.1.